The van der Waals surface area contributed by atoms with E-state index in [1.54, 1.807) is 0 Å². The van der Waals surface area contributed by atoms with Gasteiger partial charge >= 0.3 is 5.97 Å². The predicted molar refractivity (Wildman–Crippen MR) is 86.2 cm³/mol. The van der Waals surface area contributed by atoms with Gasteiger partial charge in [0.1, 0.15) is 0 Å². The molecule has 1 aliphatic carbocycles. The summed E-state index contributed by atoms with van der Waals surface area (Å²) < 4.78 is 5.32. The van der Waals surface area contributed by atoms with Crippen LogP contribution < -0.4 is 0 Å². The van der Waals surface area contributed by atoms with Crippen LogP contribution >= 0.6 is 0 Å². The molecule has 1 saturated heterocycles. The number of hydrogen-bond acceptors (Lipinski definition) is 3. The lowest BCUT2D eigenvalue weighted by Crippen LogP contribution is -2.59. The normalized spacial score (nSPS) is 31.3. The van der Waals surface area contributed by atoms with Gasteiger partial charge in [0, 0.05) is 5.54 Å². The number of piperidine rings is 1. The Morgan fingerprint density at radius 1 is 1.19 bits per heavy atom. The van der Waals surface area contributed by atoms with E-state index in [1.165, 1.54) is 58.0 Å². The summed E-state index contributed by atoms with van der Waals surface area (Å²) in [6.45, 7) is 9.42. The predicted octanol–water partition coefficient (Wildman–Crippen LogP) is 4.01. The summed E-state index contributed by atoms with van der Waals surface area (Å²) in [5.74, 6) is 1.28. The summed E-state index contributed by atoms with van der Waals surface area (Å²) in [4.78, 5) is 14.9. The lowest BCUT2D eigenvalue weighted by Gasteiger charge is -2.54. The van der Waals surface area contributed by atoms with Gasteiger partial charge in [-0.1, -0.05) is 33.1 Å². The van der Waals surface area contributed by atoms with Gasteiger partial charge in [0.05, 0.1) is 13.0 Å². The highest BCUT2D eigenvalue weighted by Gasteiger charge is 2.48. The molecule has 3 heteroatoms. The molecule has 0 bridgehead atoms. The number of ether oxygens (including phenoxy) is 1. The molecule has 1 saturated carbocycles. The lowest BCUT2D eigenvalue weighted by atomic mass is 9.65. The molecule has 21 heavy (non-hydrogen) atoms. The molecule has 1 aliphatic heterocycles. The first kappa shape index (κ1) is 16.8. The van der Waals surface area contributed by atoms with E-state index >= 15 is 0 Å². The monoisotopic (exact) mass is 295 g/mol. The topological polar surface area (TPSA) is 29.5 Å². The molecule has 0 aromatic carbocycles. The molecule has 0 aromatic heterocycles. The van der Waals surface area contributed by atoms with Crippen molar-refractivity contribution in [3.05, 3.63) is 0 Å². The zero-order chi connectivity index (χ0) is 15.3. The van der Waals surface area contributed by atoms with Crippen LogP contribution in [-0.2, 0) is 9.53 Å². The van der Waals surface area contributed by atoms with Crippen LogP contribution in [0.2, 0.25) is 0 Å². The molecular formula is C18H33NO2. The summed E-state index contributed by atoms with van der Waals surface area (Å²) in [6.07, 6.45) is 9.55. The fourth-order valence-electron chi connectivity index (χ4n) is 4.73. The second kappa shape index (κ2) is 7.62. The number of esters is 1. The van der Waals surface area contributed by atoms with Crippen LogP contribution in [0.1, 0.15) is 72.1 Å². The molecule has 122 valence electrons. The molecule has 0 amide bonds. The van der Waals surface area contributed by atoms with E-state index in [4.69, 9.17) is 4.74 Å². The minimum Gasteiger partial charge on any atom is -0.466 e. The van der Waals surface area contributed by atoms with Crippen LogP contribution in [0.3, 0.4) is 0 Å². The van der Waals surface area contributed by atoms with E-state index in [0.29, 0.717) is 24.9 Å². The highest BCUT2D eigenvalue weighted by atomic mass is 16.5. The maximum Gasteiger partial charge on any atom is 0.307 e. The molecule has 2 rings (SSSR count). The first-order valence-electron chi connectivity index (χ1n) is 9.01. The number of hydrogen-bond donors (Lipinski definition) is 0. The van der Waals surface area contributed by atoms with Crippen molar-refractivity contribution in [1.82, 2.24) is 4.90 Å². The fourth-order valence-corrected chi connectivity index (χ4v) is 4.73. The highest BCUT2D eigenvalue weighted by molar-refractivity contribution is 5.71. The second-order valence-electron chi connectivity index (χ2n) is 7.23. The zero-order valence-electron chi connectivity index (χ0n) is 14.2. The summed E-state index contributed by atoms with van der Waals surface area (Å²) in [7, 11) is 0. The van der Waals surface area contributed by atoms with Gasteiger partial charge in [-0.2, -0.15) is 0 Å². The van der Waals surface area contributed by atoms with Crippen LogP contribution in [0.4, 0.5) is 0 Å². The molecule has 0 N–H and O–H groups in total. The fraction of sp³-hybridized carbons (Fsp3) is 0.944. The Balaban J connectivity index is 2.23. The summed E-state index contributed by atoms with van der Waals surface area (Å²) in [6, 6.07) is 0. The molecule has 0 aromatic rings. The molecule has 3 nitrogen and oxygen atoms in total. The van der Waals surface area contributed by atoms with Crippen molar-refractivity contribution in [2.75, 3.05) is 19.7 Å². The highest BCUT2D eigenvalue weighted by Crippen LogP contribution is 2.45. The molecule has 0 spiro atoms. The van der Waals surface area contributed by atoms with Crippen molar-refractivity contribution in [3.63, 3.8) is 0 Å². The summed E-state index contributed by atoms with van der Waals surface area (Å²) in [5, 5.41) is 0. The van der Waals surface area contributed by atoms with Crippen LogP contribution in [0.15, 0.2) is 0 Å². The van der Waals surface area contributed by atoms with E-state index in [-0.39, 0.29) is 11.5 Å². The van der Waals surface area contributed by atoms with E-state index < -0.39 is 0 Å². The lowest BCUT2D eigenvalue weighted by molar-refractivity contribution is -0.150. The number of carbonyl (C=O) groups excluding carboxylic acids is 1. The van der Waals surface area contributed by atoms with Gasteiger partial charge in [-0.25, -0.2) is 0 Å². The van der Waals surface area contributed by atoms with Crippen LogP contribution in [0.5, 0.6) is 0 Å². The Morgan fingerprint density at radius 3 is 2.52 bits per heavy atom. The van der Waals surface area contributed by atoms with E-state index in [9.17, 15) is 4.79 Å². The van der Waals surface area contributed by atoms with Gasteiger partial charge in [0.2, 0.25) is 0 Å². The quantitative estimate of drug-likeness (QED) is 0.718. The van der Waals surface area contributed by atoms with Gasteiger partial charge in [-0.05, 0) is 57.5 Å². The van der Waals surface area contributed by atoms with Crippen LogP contribution in [-0.4, -0.2) is 36.1 Å². The van der Waals surface area contributed by atoms with Gasteiger partial charge in [0.15, 0.2) is 0 Å². The van der Waals surface area contributed by atoms with Crippen LogP contribution in [0, 0.1) is 11.8 Å². The minimum absolute atomic E-state index is 0.00984. The van der Waals surface area contributed by atoms with Gasteiger partial charge < -0.3 is 4.74 Å². The number of rotatable bonds is 5. The maximum absolute atomic E-state index is 12.3. The number of carbonyl (C=O) groups is 1. The van der Waals surface area contributed by atoms with E-state index in [2.05, 4.69) is 18.7 Å². The zero-order valence-corrected chi connectivity index (χ0v) is 14.2. The third-order valence-corrected chi connectivity index (χ3v) is 5.61. The summed E-state index contributed by atoms with van der Waals surface area (Å²) in [5.41, 5.74) is 0.0685. The third kappa shape index (κ3) is 3.80. The van der Waals surface area contributed by atoms with E-state index in [1.807, 2.05) is 6.92 Å². The van der Waals surface area contributed by atoms with Crippen molar-refractivity contribution >= 4 is 5.97 Å². The number of likely N-dealkylation sites (tertiary alicyclic amines) is 1. The number of nitrogens with zero attached hydrogens (tertiary/aromatic N) is 1. The first-order chi connectivity index (χ1) is 10.1. The van der Waals surface area contributed by atoms with Crippen LogP contribution in [0.25, 0.3) is 0 Å². The molecule has 2 aliphatic rings. The Kier molecular flexibility index (Phi) is 6.09. The molecule has 0 radical (unpaired) electrons. The molecule has 1 heterocycles. The van der Waals surface area contributed by atoms with E-state index in [0.717, 1.165) is 0 Å². The Bertz CT molecular complexity index is 336. The van der Waals surface area contributed by atoms with Gasteiger partial charge in [-0.15, -0.1) is 0 Å². The molecular weight excluding hydrogens is 262 g/mol. The Hall–Kier alpha value is -0.570. The molecule has 2 unspecified atom stereocenters. The average Bonchev–Trinajstić information content (AvgIpc) is 2.48. The summed E-state index contributed by atoms with van der Waals surface area (Å²) >= 11 is 0. The van der Waals surface area contributed by atoms with Crippen molar-refractivity contribution in [1.29, 1.82) is 0 Å². The standard InChI is InChI=1S/C18H33NO2/c1-4-21-17(20)14-18(19-12-8-5-9-13-19)11-7-6-10-16(18)15(2)3/h15-16H,4-14H2,1-3H3. The molecule has 2 atom stereocenters. The third-order valence-electron chi connectivity index (χ3n) is 5.61. The SMILES string of the molecule is CCOC(=O)CC1(N2CCCCC2)CCCCC1C(C)C. The Morgan fingerprint density at radius 2 is 1.90 bits per heavy atom. The van der Waals surface area contributed by atoms with Gasteiger partial charge in [-0.3, -0.25) is 9.69 Å². The molecule has 2 fully saturated rings. The smallest absolute Gasteiger partial charge is 0.307 e. The van der Waals surface area contributed by atoms with Crippen molar-refractivity contribution < 1.29 is 9.53 Å². The van der Waals surface area contributed by atoms with Crippen molar-refractivity contribution in [2.45, 2.75) is 77.7 Å². The minimum atomic E-state index is 0.00984. The average molecular weight is 295 g/mol. The second-order valence-corrected chi connectivity index (χ2v) is 7.23. The maximum atomic E-state index is 12.3. The van der Waals surface area contributed by atoms with Crippen molar-refractivity contribution in [2.24, 2.45) is 11.8 Å². The largest absolute Gasteiger partial charge is 0.466 e. The Labute approximate surface area is 130 Å². The van der Waals surface area contributed by atoms with Crippen molar-refractivity contribution in [3.8, 4) is 0 Å². The first-order valence-corrected chi connectivity index (χ1v) is 9.01. The van der Waals surface area contributed by atoms with Gasteiger partial charge in [0.25, 0.3) is 0 Å².